The maximum absolute atomic E-state index is 12.0. The lowest BCUT2D eigenvalue weighted by Gasteiger charge is -2.23. The van der Waals surface area contributed by atoms with E-state index in [9.17, 15) is 9.90 Å². The van der Waals surface area contributed by atoms with E-state index in [1.54, 1.807) is 6.07 Å². The molecular weight excluding hydrogens is 216 g/mol. The SMILES string of the molecule is Nc1ccc(O)cc1C(=O)NC1CCCCC1. The molecule has 17 heavy (non-hydrogen) atoms. The van der Waals surface area contributed by atoms with Gasteiger partial charge in [0.2, 0.25) is 0 Å². The first-order chi connectivity index (χ1) is 8.16. The molecule has 0 aliphatic heterocycles. The number of amides is 1. The largest absolute Gasteiger partial charge is 0.508 e. The zero-order valence-corrected chi connectivity index (χ0v) is 9.78. The molecule has 1 aromatic rings. The van der Waals surface area contributed by atoms with Crippen molar-refractivity contribution in [2.75, 3.05) is 5.73 Å². The van der Waals surface area contributed by atoms with Gasteiger partial charge in [-0.15, -0.1) is 0 Å². The molecule has 1 saturated carbocycles. The Bertz CT molecular complexity index is 412. The van der Waals surface area contributed by atoms with Crippen LogP contribution in [0.15, 0.2) is 18.2 Å². The van der Waals surface area contributed by atoms with Crippen molar-refractivity contribution in [2.24, 2.45) is 0 Å². The van der Waals surface area contributed by atoms with Crippen molar-refractivity contribution in [3.8, 4) is 5.75 Å². The molecule has 1 amide bonds. The molecule has 1 fully saturated rings. The highest BCUT2D eigenvalue weighted by Crippen LogP contribution is 2.21. The number of aromatic hydroxyl groups is 1. The molecule has 0 unspecified atom stereocenters. The number of hydrogen-bond acceptors (Lipinski definition) is 3. The summed E-state index contributed by atoms with van der Waals surface area (Å²) >= 11 is 0. The average Bonchev–Trinajstić information content (AvgIpc) is 2.33. The van der Waals surface area contributed by atoms with E-state index >= 15 is 0 Å². The highest BCUT2D eigenvalue weighted by Gasteiger charge is 2.18. The molecule has 1 aliphatic rings. The topological polar surface area (TPSA) is 75.3 Å². The monoisotopic (exact) mass is 234 g/mol. The molecule has 1 aliphatic carbocycles. The van der Waals surface area contributed by atoms with Crippen LogP contribution in [0.5, 0.6) is 5.75 Å². The van der Waals surface area contributed by atoms with E-state index in [1.165, 1.54) is 31.4 Å². The molecule has 0 bridgehead atoms. The summed E-state index contributed by atoms with van der Waals surface area (Å²) in [4.78, 5) is 12.0. The summed E-state index contributed by atoms with van der Waals surface area (Å²) < 4.78 is 0. The fourth-order valence-electron chi connectivity index (χ4n) is 2.25. The number of carbonyl (C=O) groups is 1. The standard InChI is InChI=1S/C13H18N2O2/c14-12-7-6-10(16)8-11(12)13(17)15-9-4-2-1-3-5-9/h6-9,16H,1-5,14H2,(H,15,17). The molecule has 4 N–H and O–H groups in total. The summed E-state index contributed by atoms with van der Waals surface area (Å²) in [5.74, 6) is -0.127. The van der Waals surface area contributed by atoms with Crippen LogP contribution in [0, 0.1) is 0 Å². The van der Waals surface area contributed by atoms with E-state index in [1.807, 2.05) is 0 Å². The van der Waals surface area contributed by atoms with Gasteiger partial charge >= 0.3 is 0 Å². The predicted octanol–water partition coefficient (Wildman–Crippen LogP) is 2.04. The third-order valence-corrected chi connectivity index (χ3v) is 3.22. The van der Waals surface area contributed by atoms with Crippen LogP contribution in [0.1, 0.15) is 42.5 Å². The number of nitrogen functional groups attached to an aromatic ring is 1. The third kappa shape index (κ3) is 2.90. The van der Waals surface area contributed by atoms with Crippen molar-refractivity contribution in [1.29, 1.82) is 0 Å². The van der Waals surface area contributed by atoms with Crippen LogP contribution in [-0.4, -0.2) is 17.1 Å². The molecule has 92 valence electrons. The van der Waals surface area contributed by atoms with Crippen LogP contribution < -0.4 is 11.1 Å². The maximum Gasteiger partial charge on any atom is 0.253 e. The lowest BCUT2D eigenvalue weighted by atomic mass is 9.95. The van der Waals surface area contributed by atoms with Crippen molar-refractivity contribution in [3.05, 3.63) is 23.8 Å². The minimum Gasteiger partial charge on any atom is -0.508 e. The predicted molar refractivity (Wildman–Crippen MR) is 66.9 cm³/mol. The molecule has 1 aromatic carbocycles. The molecule has 0 spiro atoms. The highest BCUT2D eigenvalue weighted by atomic mass is 16.3. The summed E-state index contributed by atoms with van der Waals surface area (Å²) in [6.45, 7) is 0. The Morgan fingerprint density at radius 2 is 2.00 bits per heavy atom. The second-order valence-electron chi connectivity index (χ2n) is 4.58. The molecule has 0 atom stereocenters. The number of phenols is 1. The molecule has 0 saturated heterocycles. The summed E-state index contributed by atoms with van der Waals surface area (Å²) in [5, 5.41) is 12.3. The number of hydrogen-bond donors (Lipinski definition) is 3. The van der Waals surface area contributed by atoms with Crippen LogP contribution in [0.2, 0.25) is 0 Å². The third-order valence-electron chi connectivity index (χ3n) is 3.22. The van der Waals surface area contributed by atoms with Crippen LogP contribution >= 0.6 is 0 Å². The number of nitrogens with two attached hydrogens (primary N) is 1. The number of carbonyl (C=O) groups excluding carboxylic acids is 1. The van der Waals surface area contributed by atoms with Crippen LogP contribution in [0.3, 0.4) is 0 Å². The molecule has 0 aromatic heterocycles. The van der Waals surface area contributed by atoms with Crippen molar-refractivity contribution < 1.29 is 9.90 Å². The van der Waals surface area contributed by atoms with Crippen LogP contribution in [0.4, 0.5) is 5.69 Å². The number of rotatable bonds is 2. The van der Waals surface area contributed by atoms with Crippen molar-refractivity contribution >= 4 is 11.6 Å². The van der Waals surface area contributed by atoms with E-state index in [-0.39, 0.29) is 17.7 Å². The van der Waals surface area contributed by atoms with Crippen molar-refractivity contribution in [1.82, 2.24) is 5.32 Å². The van der Waals surface area contributed by atoms with E-state index < -0.39 is 0 Å². The van der Waals surface area contributed by atoms with Gasteiger partial charge in [-0.3, -0.25) is 4.79 Å². The van der Waals surface area contributed by atoms with Crippen molar-refractivity contribution in [3.63, 3.8) is 0 Å². The summed E-state index contributed by atoms with van der Waals surface area (Å²) in [6, 6.07) is 4.68. The first-order valence-electron chi connectivity index (χ1n) is 6.06. The Morgan fingerprint density at radius 3 is 2.71 bits per heavy atom. The average molecular weight is 234 g/mol. The lowest BCUT2D eigenvalue weighted by Crippen LogP contribution is -2.36. The fraction of sp³-hybridized carbons (Fsp3) is 0.462. The van der Waals surface area contributed by atoms with Crippen LogP contribution in [-0.2, 0) is 0 Å². The van der Waals surface area contributed by atoms with Gasteiger partial charge in [-0.1, -0.05) is 19.3 Å². The molecular formula is C13H18N2O2. The Kier molecular flexibility index (Phi) is 3.52. The van der Waals surface area contributed by atoms with Gasteiger partial charge in [0.05, 0.1) is 5.56 Å². The summed E-state index contributed by atoms with van der Waals surface area (Å²) in [6.07, 6.45) is 5.65. The Balaban J connectivity index is 2.05. The van der Waals surface area contributed by atoms with Gasteiger partial charge < -0.3 is 16.2 Å². The zero-order chi connectivity index (χ0) is 12.3. The maximum atomic E-state index is 12.0. The second kappa shape index (κ2) is 5.08. The number of nitrogens with one attached hydrogen (secondary N) is 1. The fourth-order valence-corrected chi connectivity index (χ4v) is 2.25. The van der Waals surface area contributed by atoms with Crippen molar-refractivity contribution in [2.45, 2.75) is 38.1 Å². The van der Waals surface area contributed by atoms with E-state index in [0.717, 1.165) is 12.8 Å². The number of phenolic OH excluding ortho intramolecular Hbond substituents is 1. The van der Waals surface area contributed by atoms with Gasteiger partial charge in [0, 0.05) is 11.7 Å². The highest BCUT2D eigenvalue weighted by molar-refractivity contribution is 5.99. The Hall–Kier alpha value is -1.71. The number of anilines is 1. The molecule has 2 rings (SSSR count). The first kappa shape index (κ1) is 11.8. The lowest BCUT2D eigenvalue weighted by molar-refractivity contribution is 0.0928. The van der Waals surface area contributed by atoms with Gasteiger partial charge in [0.15, 0.2) is 0 Å². The second-order valence-corrected chi connectivity index (χ2v) is 4.58. The quantitative estimate of drug-likeness (QED) is 0.541. The van der Waals surface area contributed by atoms with E-state index in [4.69, 9.17) is 5.73 Å². The van der Waals surface area contributed by atoms with E-state index in [0.29, 0.717) is 11.3 Å². The molecule has 0 heterocycles. The smallest absolute Gasteiger partial charge is 0.253 e. The van der Waals surface area contributed by atoms with Gasteiger partial charge in [-0.2, -0.15) is 0 Å². The molecule has 4 nitrogen and oxygen atoms in total. The van der Waals surface area contributed by atoms with Gasteiger partial charge in [0.1, 0.15) is 5.75 Å². The first-order valence-corrected chi connectivity index (χ1v) is 6.06. The molecule has 0 radical (unpaired) electrons. The Morgan fingerprint density at radius 1 is 1.29 bits per heavy atom. The zero-order valence-electron chi connectivity index (χ0n) is 9.78. The summed E-state index contributed by atoms with van der Waals surface area (Å²) in [7, 11) is 0. The Labute approximate surface area is 101 Å². The van der Waals surface area contributed by atoms with Gasteiger partial charge in [0.25, 0.3) is 5.91 Å². The molecule has 4 heteroatoms. The normalized spacial score (nSPS) is 16.7. The van der Waals surface area contributed by atoms with E-state index in [2.05, 4.69) is 5.32 Å². The van der Waals surface area contributed by atoms with Crippen LogP contribution in [0.25, 0.3) is 0 Å². The van der Waals surface area contributed by atoms with Gasteiger partial charge in [-0.25, -0.2) is 0 Å². The minimum absolute atomic E-state index is 0.0630. The summed E-state index contributed by atoms with van der Waals surface area (Å²) in [5.41, 5.74) is 6.48. The van der Waals surface area contributed by atoms with Gasteiger partial charge in [-0.05, 0) is 31.0 Å². The minimum atomic E-state index is -0.190. The number of benzene rings is 1.